The summed E-state index contributed by atoms with van der Waals surface area (Å²) in [6.07, 6.45) is 2.60. The highest BCUT2D eigenvalue weighted by Crippen LogP contribution is 2.45. The number of aryl methyl sites for hydroxylation is 1. The van der Waals surface area contributed by atoms with Crippen LogP contribution in [-0.4, -0.2) is 30.2 Å². The van der Waals surface area contributed by atoms with Crippen molar-refractivity contribution in [1.82, 2.24) is 4.90 Å². The average molecular weight is 487 g/mol. The van der Waals surface area contributed by atoms with Gasteiger partial charge in [-0.2, -0.15) is 18.4 Å². The molecule has 3 rings (SSSR count). The number of alkyl halides is 3. The van der Waals surface area contributed by atoms with Crippen LogP contribution in [0.4, 0.5) is 13.2 Å². The Kier molecular flexibility index (Phi) is 12.3. The van der Waals surface area contributed by atoms with E-state index in [1.54, 1.807) is 6.07 Å². The summed E-state index contributed by atoms with van der Waals surface area (Å²) in [5, 5.41) is 7.32. The first-order valence-electron chi connectivity index (χ1n) is 13.1. The fourth-order valence-corrected chi connectivity index (χ4v) is 5.20. The maximum Gasteiger partial charge on any atom is 0.391 e. The Balaban J connectivity index is 0.00000137. The van der Waals surface area contributed by atoms with Gasteiger partial charge in [0, 0.05) is 19.5 Å². The summed E-state index contributed by atoms with van der Waals surface area (Å²) in [6, 6.07) is 21.4. The van der Waals surface area contributed by atoms with E-state index < -0.39 is 12.1 Å². The minimum atomic E-state index is -4.05. The molecule has 0 aromatic heterocycles. The van der Waals surface area contributed by atoms with Crippen molar-refractivity contribution in [3.05, 3.63) is 71.3 Å². The SMILES string of the molecule is CC#N.CCCN(CCc1ccccc1)C(CC)CCc1ccc(C2CCC(C(F)(F)F)C2)cc1. The van der Waals surface area contributed by atoms with Gasteiger partial charge in [-0.15, -0.1) is 0 Å². The lowest BCUT2D eigenvalue weighted by Gasteiger charge is -2.31. The Morgan fingerprint density at radius 2 is 1.57 bits per heavy atom. The van der Waals surface area contributed by atoms with Crippen LogP contribution in [0.1, 0.15) is 81.9 Å². The maximum absolute atomic E-state index is 13.0. The molecule has 35 heavy (non-hydrogen) atoms. The van der Waals surface area contributed by atoms with Crippen LogP contribution in [0.3, 0.4) is 0 Å². The second kappa shape index (κ2) is 14.9. The maximum atomic E-state index is 13.0. The first-order chi connectivity index (χ1) is 16.8. The van der Waals surface area contributed by atoms with Crippen LogP contribution in [0.5, 0.6) is 0 Å². The smallest absolute Gasteiger partial charge is 0.300 e. The van der Waals surface area contributed by atoms with E-state index in [2.05, 4.69) is 73.3 Å². The van der Waals surface area contributed by atoms with E-state index in [4.69, 9.17) is 5.26 Å². The third-order valence-corrected chi connectivity index (χ3v) is 7.14. The molecule has 0 N–H and O–H groups in total. The van der Waals surface area contributed by atoms with Gasteiger partial charge in [0.25, 0.3) is 0 Å². The fraction of sp³-hybridized carbons (Fsp3) is 0.567. The molecule has 0 heterocycles. The van der Waals surface area contributed by atoms with Crippen molar-refractivity contribution in [2.75, 3.05) is 13.1 Å². The van der Waals surface area contributed by atoms with Gasteiger partial charge in [-0.1, -0.05) is 68.4 Å². The summed E-state index contributed by atoms with van der Waals surface area (Å²) in [6.45, 7) is 8.15. The van der Waals surface area contributed by atoms with E-state index in [1.807, 2.05) is 0 Å². The van der Waals surface area contributed by atoms with Crippen LogP contribution < -0.4 is 0 Å². The molecule has 1 aliphatic carbocycles. The zero-order valence-corrected chi connectivity index (χ0v) is 21.5. The molecule has 2 aromatic rings. The van der Waals surface area contributed by atoms with Crippen LogP contribution in [0.15, 0.2) is 54.6 Å². The summed E-state index contributed by atoms with van der Waals surface area (Å²) in [5.41, 5.74) is 3.75. The lowest BCUT2D eigenvalue weighted by atomic mass is 9.94. The monoisotopic (exact) mass is 486 g/mol. The molecule has 1 fully saturated rings. The third kappa shape index (κ3) is 9.68. The van der Waals surface area contributed by atoms with Crippen molar-refractivity contribution < 1.29 is 13.2 Å². The topological polar surface area (TPSA) is 27.0 Å². The lowest BCUT2D eigenvalue weighted by molar-refractivity contribution is -0.172. The van der Waals surface area contributed by atoms with Gasteiger partial charge in [-0.25, -0.2) is 0 Å². The molecule has 0 saturated heterocycles. The van der Waals surface area contributed by atoms with Crippen molar-refractivity contribution in [2.45, 2.75) is 90.3 Å². The number of halogens is 3. The highest BCUT2D eigenvalue weighted by molar-refractivity contribution is 5.26. The van der Waals surface area contributed by atoms with E-state index in [0.29, 0.717) is 12.5 Å². The van der Waals surface area contributed by atoms with Gasteiger partial charge in [0.2, 0.25) is 0 Å². The summed E-state index contributed by atoms with van der Waals surface area (Å²) in [5.74, 6) is -1.07. The minimum Gasteiger partial charge on any atom is -0.300 e. The fourth-order valence-electron chi connectivity index (χ4n) is 5.20. The van der Waals surface area contributed by atoms with E-state index in [1.165, 1.54) is 18.1 Å². The van der Waals surface area contributed by atoms with Crippen molar-refractivity contribution >= 4 is 0 Å². The molecule has 5 heteroatoms. The van der Waals surface area contributed by atoms with Gasteiger partial charge in [0.05, 0.1) is 12.0 Å². The number of benzene rings is 2. The molecule has 0 radical (unpaired) electrons. The molecular formula is C30H41F3N2. The molecule has 2 aromatic carbocycles. The molecule has 192 valence electrons. The Morgan fingerprint density at radius 1 is 0.943 bits per heavy atom. The van der Waals surface area contributed by atoms with E-state index in [0.717, 1.165) is 50.8 Å². The number of rotatable bonds is 11. The van der Waals surface area contributed by atoms with Crippen molar-refractivity contribution in [2.24, 2.45) is 5.92 Å². The van der Waals surface area contributed by atoms with Gasteiger partial charge < -0.3 is 4.90 Å². The molecule has 0 spiro atoms. The van der Waals surface area contributed by atoms with Crippen molar-refractivity contribution in [1.29, 1.82) is 5.26 Å². The van der Waals surface area contributed by atoms with Crippen molar-refractivity contribution in [3.63, 3.8) is 0 Å². The minimum absolute atomic E-state index is 0.0529. The highest BCUT2D eigenvalue weighted by Gasteiger charge is 2.44. The van der Waals surface area contributed by atoms with E-state index in [9.17, 15) is 13.2 Å². The average Bonchev–Trinajstić information content (AvgIpc) is 3.35. The van der Waals surface area contributed by atoms with Gasteiger partial charge in [0.15, 0.2) is 0 Å². The van der Waals surface area contributed by atoms with Gasteiger partial charge in [-0.05, 0) is 80.5 Å². The van der Waals surface area contributed by atoms with Crippen LogP contribution in [0.25, 0.3) is 0 Å². The quantitative estimate of drug-likeness (QED) is 0.319. The zero-order valence-electron chi connectivity index (χ0n) is 21.5. The molecule has 3 unspecified atom stereocenters. The highest BCUT2D eigenvalue weighted by atomic mass is 19.4. The normalized spacial score (nSPS) is 18.6. The first kappa shape index (κ1) is 28.9. The van der Waals surface area contributed by atoms with Gasteiger partial charge >= 0.3 is 6.18 Å². The Morgan fingerprint density at radius 3 is 2.11 bits per heavy atom. The first-order valence-corrected chi connectivity index (χ1v) is 13.1. The predicted molar refractivity (Wildman–Crippen MR) is 138 cm³/mol. The second-order valence-electron chi connectivity index (χ2n) is 9.59. The number of hydrogen-bond donors (Lipinski definition) is 0. The number of nitriles is 1. The molecule has 0 bridgehead atoms. The molecular weight excluding hydrogens is 445 g/mol. The van der Waals surface area contributed by atoms with Crippen LogP contribution in [0.2, 0.25) is 0 Å². The van der Waals surface area contributed by atoms with E-state index in [-0.39, 0.29) is 18.8 Å². The van der Waals surface area contributed by atoms with Crippen LogP contribution in [0, 0.1) is 17.2 Å². The molecule has 1 aliphatic rings. The largest absolute Gasteiger partial charge is 0.391 e. The Bertz CT molecular complexity index is 871. The Labute approximate surface area is 210 Å². The predicted octanol–water partition coefficient (Wildman–Crippen LogP) is 8.33. The molecule has 0 aliphatic heterocycles. The summed E-state index contributed by atoms with van der Waals surface area (Å²) in [4.78, 5) is 2.64. The molecule has 1 saturated carbocycles. The number of nitrogens with zero attached hydrogens (tertiary/aromatic N) is 2. The van der Waals surface area contributed by atoms with Gasteiger partial charge in [-0.3, -0.25) is 0 Å². The standard InChI is InChI=1S/C28H38F3N.C2H3N/c1-3-19-32(20-18-22-8-6-5-7-9-22)27(4-2)17-12-23-10-13-24(14-11-23)25-15-16-26(21-25)28(29,30)31;1-2-3/h5-11,13-14,25-27H,3-4,12,15-21H2,1-2H3;1H3. The summed E-state index contributed by atoms with van der Waals surface area (Å²) in [7, 11) is 0. The molecule has 0 amide bonds. The van der Waals surface area contributed by atoms with Crippen LogP contribution >= 0.6 is 0 Å². The Hall–Kier alpha value is -2.32. The van der Waals surface area contributed by atoms with E-state index >= 15 is 0 Å². The molecule has 2 nitrogen and oxygen atoms in total. The third-order valence-electron chi connectivity index (χ3n) is 7.14. The van der Waals surface area contributed by atoms with Gasteiger partial charge in [0.1, 0.15) is 0 Å². The summed E-state index contributed by atoms with van der Waals surface area (Å²) >= 11 is 0. The lowest BCUT2D eigenvalue weighted by Crippen LogP contribution is -2.37. The summed E-state index contributed by atoms with van der Waals surface area (Å²) < 4.78 is 39.0. The van der Waals surface area contributed by atoms with Crippen LogP contribution in [-0.2, 0) is 12.8 Å². The zero-order chi connectivity index (χ0) is 25.7. The number of hydrogen-bond acceptors (Lipinski definition) is 2. The molecule has 3 atom stereocenters. The second-order valence-corrected chi connectivity index (χ2v) is 9.59. The van der Waals surface area contributed by atoms with Crippen molar-refractivity contribution in [3.8, 4) is 6.07 Å².